The molecule has 0 fully saturated rings. The van der Waals surface area contributed by atoms with Crippen LogP contribution >= 0.6 is 0 Å². The van der Waals surface area contributed by atoms with Gasteiger partial charge in [-0.1, -0.05) is 30.3 Å². The van der Waals surface area contributed by atoms with Crippen LogP contribution < -0.4 is 20.1 Å². The van der Waals surface area contributed by atoms with Crippen molar-refractivity contribution in [3.8, 4) is 11.5 Å². The molecule has 0 saturated carbocycles. The highest BCUT2D eigenvalue weighted by Gasteiger charge is 2.05. The number of methoxy groups -OCH3 is 1. The maximum absolute atomic E-state index is 5.90. The molecule has 0 radical (unpaired) electrons. The molecule has 7 nitrogen and oxygen atoms in total. The quantitative estimate of drug-likeness (QED) is 0.378. The molecule has 0 aliphatic heterocycles. The van der Waals surface area contributed by atoms with Gasteiger partial charge in [0.25, 0.3) is 0 Å². The maximum Gasteiger partial charge on any atom is 0.191 e. The van der Waals surface area contributed by atoms with Crippen LogP contribution in [0, 0.1) is 0 Å². The van der Waals surface area contributed by atoms with Gasteiger partial charge in [-0.05, 0) is 37.7 Å². The second-order valence-corrected chi connectivity index (χ2v) is 7.11. The van der Waals surface area contributed by atoms with E-state index in [2.05, 4.69) is 45.8 Å². The summed E-state index contributed by atoms with van der Waals surface area (Å²) in [6, 6.07) is 16.1. The van der Waals surface area contributed by atoms with E-state index >= 15 is 0 Å². The van der Waals surface area contributed by atoms with Crippen LogP contribution in [0.25, 0.3) is 0 Å². The molecule has 0 saturated heterocycles. The zero-order valence-corrected chi connectivity index (χ0v) is 19.2. The number of hydrogen-bond donors (Lipinski definition) is 2. The van der Waals surface area contributed by atoms with Crippen LogP contribution in [0.2, 0.25) is 0 Å². The molecule has 0 spiro atoms. The molecule has 0 aromatic heterocycles. The smallest absolute Gasteiger partial charge is 0.191 e. The van der Waals surface area contributed by atoms with Crippen LogP contribution in [0.5, 0.6) is 11.5 Å². The largest absolute Gasteiger partial charge is 0.494 e. The van der Waals surface area contributed by atoms with Gasteiger partial charge in [-0.25, -0.2) is 0 Å². The van der Waals surface area contributed by atoms with E-state index in [1.54, 1.807) is 14.2 Å². The number of guanidine groups is 1. The third kappa shape index (κ3) is 9.27. The Kier molecular flexibility index (Phi) is 11.3. The van der Waals surface area contributed by atoms with Gasteiger partial charge in [0.1, 0.15) is 18.1 Å². The van der Waals surface area contributed by atoms with Crippen molar-refractivity contribution >= 4 is 5.96 Å². The van der Waals surface area contributed by atoms with Gasteiger partial charge in [-0.3, -0.25) is 4.99 Å². The number of likely N-dealkylation sites (N-methyl/N-ethyl adjacent to an activating group) is 1. The Morgan fingerprint density at radius 1 is 0.968 bits per heavy atom. The molecule has 31 heavy (non-hydrogen) atoms. The standard InChI is InChI=1S/C24H36N4O3/c1-5-30-23-12-7-6-10-21(23)19-27-24(25-2)26-18-20-9-8-11-22(17-20)31-16-14-28(3)13-15-29-4/h6-12,17H,5,13-16,18-19H2,1-4H3,(H2,25,26,27). The highest BCUT2D eigenvalue weighted by atomic mass is 16.5. The van der Waals surface area contributed by atoms with E-state index in [-0.39, 0.29) is 0 Å². The zero-order chi connectivity index (χ0) is 22.3. The second-order valence-electron chi connectivity index (χ2n) is 7.11. The monoisotopic (exact) mass is 428 g/mol. The lowest BCUT2D eigenvalue weighted by Gasteiger charge is -2.17. The number of nitrogens with zero attached hydrogens (tertiary/aromatic N) is 2. The van der Waals surface area contributed by atoms with E-state index in [0.717, 1.165) is 48.3 Å². The molecule has 2 aromatic rings. The van der Waals surface area contributed by atoms with Gasteiger partial charge in [-0.2, -0.15) is 0 Å². The van der Waals surface area contributed by atoms with Crippen LogP contribution in [-0.2, 0) is 17.8 Å². The average molecular weight is 429 g/mol. The summed E-state index contributed by atoms with van der Waals surface area (Å²) in [6.45, 7) is 7.03. The van der Waals surface area contributed by atoms with Crippen molar-refractivity contribution < 1.29 is 14.2 Å². The number of nitrogens with one attached hydrogen (secondary N) is 2. The molecule has 170 valence electrons. The topological polar surface area (TPSA) is 67.3 Å². The van der Waals surface area contributed by atoms with Crippen molar-refractivity contribution in [1.29, 1.82) is 0 Å². The molecule has 0 aliphatic carbocycles. The first-order valence-electron chi connectivity index (χ1n) is 10.7. The zero-order valence-electron chi connectivity index (χ0n) is 19.2. The Morgan fingerprint density at radius 2 is 1.74 bits per heavy atom. The summed E-state index contributed by atoms with van der Waals surface area (Å²) >= 11 is 0. The fourth-order valence-electron chi connectivity index (χ4n) is 2.96. The summed E-state index contributed by atoms with van der Waals surface area (Å²) < 4.78 is 16.7. The number of benzene rings is 2. The minimum Gasteiger partial charge on any atom is -0.494 e. The van der Waals surface area contributed by atoms with E-state index in [9.17, 15) is 0 Å². The predicted molar refractivity (Wildman–Crippen MR) is 126 cm³/mol. The molecule has 2 aromatic carbocycles. The van der Waals surface area contributed by atoms with Crippen molar-refractivity contribution in [2.75, 3.05) is 54.1 Å². The lowest BCUT2D eigenvalue weighted by molar-refractivity contribution is 0.150. The first-order chi connectivity index (χ1) is 15.2. The minimum atomic E-state index is 0.635. The van der Waals surface area contributed by atoms with Crippen LogP contribution in [0.15, 0.2) is 53.5 Å². The van der Waals surface area contributed by atoms with Crippen molar-refractivity contribution in [2.24, 2.45) is 4.99 Å². The Hall–Kier alpha value is -2.77. The highest BCUT2D eigenvalue weighted by Crippen LogP contribution is 2.17. The van der Waals surface area contributed by atoms with Gasteiger partial charge < -0.3 is 29.7 Å². The normalized spacial score (nSPS) is 11.5. The van der Waals surface area contributed by atoms with Crippen molar-refractivity contribution in [1.82, 2.24) is 15.5 Å². The Morgan fingerprint density at radius 3 is 2.52 bits per heavy atom. The lowest BCUT2D eigenvalue weighted by Crippen LogP contribution is -2.36. The lowest BCUT2D eigenvalue weighted by atomic mass is 10.2. The number of rotatable bonds is 13. The minimum absolute atomic E-state index is 0.635. The van der Waals surface area contributed by atoms with Gasteiger partial charge in [-0.15, -0.1) is 0 Å². The molecule has 0 aliphatic rings. The summed E-state index contributed by atoms with van der Waals surface area (Å²) in [7, 11) is 5.55. The van der Waals surface area contributed by atoms with Gasteiger partial charge in [0.05, 0.1) is 13.2 Å². The molecule has 2 rings (SSSR count). The van der Waals surface area contributed by atoms with E-state index in [1.165, 1.54) is 0 Å². The molecule has 0 heterocycles. The Bertz CT molecular complexity index is 798. The molecular weight excluding hydrogens is 392 g/mol. The Balaban J connectivity index is 1.80. The van der Waals surface area contributed by atoms with E-state index in [4.69, 9.17) is 14.2 Å². The molecule has 0 bridgehead atoms. The molecule has 0 amide bonds. The van der Waals surface area contributed by atoms with E-state index < -0.39 is 0 Å². The highest BCUT2D eigenvalue weighted by molar-refractivity contribution is 5.79. The summed E-state index contributed by atoms with van der Waals surface area (Å²) in [6.07, 6.45) is 0. The maximum atomic E-state index is 5.90. The SMILES string of the molecule is CCOc1ccccc1CNC(=NC)NCc1cccc(OCCN(C)CCOC)c1. The fraction of sp³-hybridized carbons (Fsp3) is 0.458. The fourth-order valence-corrected chi connectivity index (χ4v) is 2.96. The van der Waals surface area contributed by atoms with Crippen molar-refractivity contribution in [2.45, 2.75) is 20.0 Å². The van der Waals surface area contributed by atoms with Crippen molar-refractivity contribution in [3.05, 3.63) is 59.7 Å². The first-order valence-corrected chi connectivity index (χ1v) is 10.7. The summed E-state index contributed by atoms with van der Waals surface area (Å²) in [5, 5.41) is 6.70. The van der Waals surface area contributed by atoms with Gasteiger partial charge in [0.15, 0.2) is 5.96 Å². The van der Waals surface area contributed by atoms with Gasteiger partial charge in [0, 0.05) is 45.9 Å². The first kappa shape index (κ1) is 24.5. The molecule has 2 N–H and O–H groups in total. The van der Waals surface area contributed by atoms with Crippen LogP contribution in [0.3, 0.4) is 0 Å². The number of hydrogen-bond acceptors (Lipinski definition) is 5. The third-order valence-electron chi connectivity index (χ3n) is 4.72. The Labute approximate surface area is 186 Å². The molecule has 0 unspecified atom stereocenters. The van der Waals surface area contributed by atoms with Crippen LogP contribution in [0.4, 0.5) is 0 Å². The van der Waals surface area contributed by atoms with Crippen LogP contribution in [0.1, 0.15) is 18.1 Å². The number of aliphatic imine (C=N–C) groups is 1. The van der Waals surface area contributed by atoms with Gasteiger partial charge >= 0.3 is 0 Å². The van der Waals surface area contributed by atoms with E-state index in [1.807, 2.05) is 37.3 Å². The summed E-state index contributed by atoms with van der Waals surface area (Å²) in [5.74, 6) is 2.50. The van der Waals surface area contributed by atoms with Crippen LogP contribution in [-0.4, -0.2) is 65.0 Å². The molecular formula is C24H36N4O3. The van der Waals surface area contributed by atoms with Crippen molar-refractivity contribution in [3.63, 3.8) is 0 Å². The third-order valence-corrected chi connectivity index (χ3v) is 4.72. The molecule has 0 atom stereocenters. The van der Waals surface area contributed by atoms with Gasteiger partial charge in [0.2, 0.25) is 0 Å². The number of para-hydroxylation sites is 1. The second kappa shape index (κ2) is 14.3. The molecule has 7 heteroatoms. The predicted octanol–water partition coefficient (Wildman–Crippen LogP) is 2.91. The number of ether oxygens (including phenoxy) is 3. The van der Waals surface area contributed by atoms with E-state index in [0.29, 0.717) is 26.3 Å². The average Bonchev–Trinajstić information content (AvgIpc) is 2.79. The summed E-state index contributed by atoms with van der Waals surface area (Å²) in [4.78, 5) is 6.51. The summed E-state index contributed by atoms with van der Waals surface area (Å²) in [5.41, 5.74) is 2.22.